The maximum atomic E-state index is 5.92. The van der Waals surface area contributed by atoms with Crippen LogP contribution in [0.25, 0.3) is 0 Å². The van der Waals surface area contributed by atoms with Gasteiger partial charge in [-0.3, -0.25) is 0 Å². The van der Waals surface area contributed by atoms with Gasteiger partial charge in [-0.25, -0.2) is 0 Å². The number of rotatable bonds is 11. The van der Waals surface area contributed by atoms with Crippen molar-refractivity contribution in [3.63, 3.8) is 0 Å². The van der Waals surface area contributed by atoms with Gasteiger partial charge in [-0.2, -0.15) is 0 Å². The highest BCUT2D eigenvalue weighted by Gasteiger charge is 2.31. The highest BCUT2D eigenvalue weighted by atomic mass is 16.5. The van der Waals surface area contributed by atoms with Crippen LogP contribution < -0.4 is 0 Å². The van der Waals surface area contributed by atoms with Gasteiger partial charge in [0.05, 0.1) is 6.61 Å². The van der Waals surface area contributed by atoms with Crippen LogP contribution in [-0.2, 0) is 22.3 Å². The molecule has 24 heavy (non-hydrogen) atoms. The van der Waals surface area contributed by atoms with Crippen molar-refractivity contribution in [2.45, 2.75) is 33.1 Å². The van der Waals surface area contributed by atoms with Crippen LogP contribution in [0.1, 0.15) is 31.4 Å². The predicted molar refractivity (Wildman–Crippen MR) is 100 cm³/mol. The maximum Gasteiger partial charge on any atom is 0.0529 e. The molecule has 2 nitrogen and oxygen atoms in total. The van der Waals surface area contributed by atoms with Crippen molar-refractivity contribution in [3.8, 4) is 0 Å². The monoisotopic (exact) mass is 326 g/mol. The fourth-order valence-electron chi connectivity index (χ4n) is 3.22. The normalized spacial score (nSPS) is 11.6. The maximum absolute atomic E-state index is 5.92. The number of benzene rings is 2. The van der Waals surface area contributed by atoms with E-state index in [9.17, 15) is 0 Å². The largest absolute Gasteiger partial charge is 0.382 e. The van der Waals surface area contributed by atoms with Crippen LogP contribution in [0.3, 0.4) is 0 Å². The summed E-state index contributed by atoms with van der Waals surface area (Å²) in [6.07, 6.45) is 3.02. The van der Waals surface area contributed by atoms with E-state index in [1.54, 1.807) is 0 Å². The molecule has 0 bridgehead atoms. The number of hydrogen-bond donors (Lipinski definition) is 0. The van der Waals surface area contributed by atoms with E-state index in [0.717, 1.165) is 45.7 Å². The van der Waals surface area contributed by atoms with Crippen molar-refractivity contribution in [3.05, 3.63) is 71.8 Å². The van der Waals surface area contributed by atoms with Gasteiger partial charge in [-0.1, -0.05) is 60.7 Å². The van der Waals surface area contributed by atoms with Crippen LogP contribution in [0.2, 0.25) is 0 Å². The Morgan fingerprint density at radius 2 is 1.21 bits per heavy atom. The Kier molecular flexibility index (Phi) is 8.00. The average Bonchev–Trinajstić information content (AvgIpc) is 2.62. The van der Waals surface area contributed by atoms with Crippen molar-refractivity contribution in [2.24, 2.45) is 5.41 Å². The lowest BCUT2D eigenvalue weighted by molar-refractivity contribution is 0.0210. The molecule has 0 saturated carbocycles. The molecule has 0 saturated heterocycles. The first-order valence-electron chi connectivity index (χ1n) is 9.01. The number of ether oxygens (including phenoxy) is 2. The molecule has 0 aromatic heterocycles. The molecule has 0 unspecified atom stereocenters. The van der Waals surface area contributed by atoms with Gasteiger partial charge in [0.25, 0.3) is 0 Å². The van der Waals surface area contributed by atoms with Crippen molar-refractivity contribution in [2.75, 3.05) is 26.4 Å². The highest BCUT2D eigenvalue weighted by Crippen LogP contribution is 2.32. The van der Waals surface area contributed by atoms with Crippen LogP contribution in [0.15, 0.2) is 60.7 Å². The first kappa shape index (κ1) is 18.7. The first-order valence-corrected chi connectivity index (χ1v) is 9.01. The van der Waals surface area contributed by atoms with Crippen molar-refractivity contribution in [1.29, 1.82) is 0 Å². The molecule has 2 heteroatoms. The zero-order valence-corrected chi connectivity index (χ0v) is 15.0. The van der Waals surface area contributed by atoms with E-state index < -0.39 is 0 Å². The van der Waals surface area contributed by atoms with E-state index in [1.807, 2.05) is 0 Å². The van der Waals surface area contributed by atoms with Crippen LogP contribution in [-0.4, -0.2) is 26.4 Å². The van der Waals surface area contributed by atoms with Gasteiger partial charge >= 0.3 is 0 Å². The molecule has 2 rings (SSSR count). The topological polar surface area (TPSA) is 18.5 Å². The summed E-state index contributed by atoms with van der Waals surface area (Å²) in [6, 6.07) is 21.5. The number of hydrogen-bond acceptors (Lipinski definition) is 2. The second-order valence-corrected chi connectivity index (χ2v) is 6.41. The quantitative estimate of drug-likeness (QED) is 0.546. The molecule has 0 aliphatic carbocycles. The van der Waals surface area contributed by atoms with E-state index in [4.69, 9.17) is 9.47 Å². The molecule has 0 atom stereocenters. The van der Waals surface area contributed by atoms with Gasteiger partial charge in [0.1, 0.15) is 0 Å². The Morgan fingerprint density at radius 3 is 1.67 bits per heavy atom. The Bertz CT molecular complexity index is 509. The molecule has 0 radical (unpaired) electrons. The summed E-state index contributed by atoms with van der Waals surface area (Å²) in [7, 11) is 0. The second-order valence-electron chi connectivity index (χ2n) is 6.41. The SMILES string of the molecule is CCOCCC(COCC)(Cc1ccccc1)Cc1ccccc1. The van der Waals surface area contributed by atoms with Crippen LogP contribution in [0, 0.1) is 5.41 Å². The summed E-state index contributed by atoms with van der Waals surface area (Å²) in [5.74, 6) is 0. The fourth-order valence-corrected chi connectivity index (χ4v) is 3.22. The van der Waals surface area contributed by atoms with Crippen molar-refractivity contribution >= 4 is 0 Å². The standard InChI is InChI=1S/C22H30O2/c1-3-23-16-15-22(19-24-4-2,17-20-11-7-5-8-12-20)18-21-13-9-6-10-14-21/h5-14H,3-4,15-19H2,1-2H3. The average molecular weight is 326 g/mol. The summed E-state index contributed by atoms with van der Waals surface area (Å²) in [5, 5.41) is 0. The molecule has 0 heterocycles. The molecule has 130 valence electrons. The van der Waals surface area contributed by atoms with Gasteiger partial charge in [0.2, 0.25) is 0 Å². The lowest BCUT2D eigenvalue weighted by atomic mass is 9.74. The third-order valence-electron chi connectivity index (χ3n) is 4.44. The molecule has 0 aliphatic heterocycles. The third kappa shape index (κ3) is 6.10. The molecular weight excluding hydrogens is 296 g/mol. The minimum atomic E-state index is 0.0634. The molecule has 0 aliphatic rings. The van der Waals surface area contributed by atoms with E-state index in [1.165, 1.54) is 11.1 Å². The van der Waals surface area contributed by atoms with Crippen molar-refractivity contribution in [1.82, 2.24) is 0 Å². The van der Waals surface area contributed by atoms with Crippen molar-refractivity contribution < 1.29 is 9.47 Å². The summed E-state index contributed by atoms with van der Waals surface area (Å²) in [4.78, 5) is 0. The van der Waals surface area contributed by atoms with Gasteiger partial charge in [-0.15, -0.1) is 0 Å². The zero-order valence-electron chi connectivity index (χ0n) is 15.0. The Balaban J connectivity index is 2.22. The van der Waals surface area contributed by atoms with Crippen LogP contribution in [0.4, 0.5) is 0 Å². The minimum absolute atomic E-state index is 0.0634. The predicted octanol–water partition coefficient (Wildman–Crippen LogP) is 4.92. The molecule has 2 aromatic rings. The zero-order chi connectivity index (χ0) is 17.1. The molecular formula is C22H30O2. The van der Waals surface area contributed by atoms with Crippen LogP contribution in [0.5, 0.6) is 0 Å². The summed E-state index contributed by atoms with van der Waals surface area (Å²) >= 11 is 0. The molecule has 2 aromatic carbocycles. The van der Waals surface area contributed by atoms with E-state index in [0.29, 0.717) is 0 Å². The first-order chi connectivity index (χ1) is 11.8. The van der Waals surface area contributed by atoms with Gasteiger partial charge in [0, 0.05) is 25.2 Å². The van der Waals surface area contributed by atoms with E-state index >= 15 is 0 Å². The lowest BCUT2D eigenvalue weighted by Crippen LogP contribution is -2.34. The molecule has 0 fully saturated rings. The highest BCUT2D eigenvalue weighted by molar-refractivity contribution is 5.21. The van der Waals surface area contributed by atoms with Crippen LogP contribution >= 0.6 is 0 Å². The summed E-state index contributed by atoms with van der Waals surface area (Å²) < 4.78 is 11.6. The van der Waals surface area contributed by atoms with E-state index in [2.05, 4.69) is 74.5 Å². The van der Waals surface area contributed by atoms with Gasteiger partial charge < -0.3 is 9.47 Å². The third-order valence-corrected chi connectivity index (χ3v) is 4.44. The summed E-state index contributed by atoms with van der Waals surface area (Å²) in [6.45, 7) is 7.18. The fraction of sp³-hybridized carbons (Fsp3) is 0.455. The Morgan fingerprint density at radius 1 is 0.708 bits per heavy atom. The second kappa shape index (κ2) is 10.3. The smallest absolute Gasteiger partial charge is 0.0529 e. The molecule has 0 amide bonds. The Hall–Kier alpha value is -1.64. The molecule has 0 spiro atoms. The van der Waals surface area contributed by atoms with Gasteiger partial charge in [-0.05, 0) is 44.2 Å². The summed E-state index contributed by atoms with van der Waals surface area (Å²) in [5.41, 5.74) is 2.79. The van der Waals surface area contributed by atoms with Gasteiger partial charge in [0.15, 0.2) is 0 Å². The Labute approximate surface area is 146 Å². The minimum Gasteiger partial charge on any atom is -0.382 e. The lowest BCUT2D eigenvalue weighted by Gasteiger charge is -2.34. The molecule has 0 N–H and O–H groups in total. The van der Waals surface area contributed by atoms with E-state index in [-0.39, 0.29) is 5.41 Å².